The van der Waals surface area contributed by atoms with Crippen LogP contribution in [0.4, 0.5) is 0 Å². The zero-order valence-corrected chi connectivity index (χ0v) is 22.7. The van der Waals surface area contributed by atoms with Gasteiger partial charge in [0.1, 0.15) is 11.6 Å². The predicted molar refractivity (Wildman–Crippen MR) is 136 cm³/mol. The van der Waals surface area contributed by atoms with Crippen LogP contribution in [0.15, 0.2) is 29.2 Å². The first kappa shape index (κ1) is 26.4. The molecule has 0 spiro atoms. The van der Waals surface area contributed by atoms with Gasteiger partial charge in [0.05, 0.1) is 32.9 Å². The van der Waals surface area contributed by atoms with Gasteiger partial charge in [-0.25, -0.2) is 8.42 Å². The molecule has 3 saturated heterocycles. The molecule has 11 heteroatoms. The van der Waals surface area contributed by atoms with Crippen molar-refractivity contribution in [2.45, 2.75) is 91.8 Å². The van der Waals surface area contributed by atoms with Crippen LogP contribution in [0, 0.1) is 11.3 Å². The quantitative estimate of drug-likeness (QED) is 0.579. The Labute approximate surface area is 223 Å². The number of sulfone groups is 1. The summed E-state index contributed by atoms with van der Waals surface area (Å²) in [5, 5.41) is 11.4. The lowest BCUT2D eigenvalue weighted by atomic mass is 9.88. The van der Waals surface area contributed by atoms with Crippen molar-refractivity contribution >= 4 is 33.3 Å². The number of hydrogen-bond donors (Lipinski definition) is 1. The second-order valence-corrected chi connectivity index (χ2v) is 13.9. The largest absolute Gasteiger partial charge is 0.375 e. The highest BCUT2D eigenvalue weighted by molar-refractivity contribution is 7.92. The van der Waals surface area contributed by atoms with Gasteiger partial charge in [-0.1, -0.05) is 23.7 Å². The Morgan fingerprint density at radius 3 is 2.51 bits per heavy atom. The maximum atomic E-state index is 13.9. The van der Waals surface area contributed by atoms with Crippen LogP contribution in [0.25, 0.3) is 0 Å². The average Bonchev–Trinajstić information content (AvgIpc) is 3.42. The van der Waals surface area contributed by atoms with Gasteiger partial charge in [0, 0.05) is 25.7 Å². The number of nitrogens with one attached hydrogen (secondary N) is 1. The van der Waals surface area contributed by atoms with Gasteiger partial charge in [0.2, 0.25) is 11.8 Å². The Hall–Kier alpha value is -2.19. The molecule has 2 unspecified atom stereocenters. The van der Waals surface area contributed by atoms with E-state index in [9.17, 15) is 23.3 Å². The minimum Gasteiger partial charge on any atom is -0.375 e. The smallest absolute Gasteiger partial charge is 0.244 e. The maximum absolute atomic E-state index is 13.9. The molecule has 2 amide bonds. The third-order valence-corrected chi connectivity index (χ3v) is 10.9. The molecule has 9 nitrogen and oxygen atoms in total. The van der Waals surface area contributed by atoms with E-state index >= 15 is 0 Å². The topological polar surface area (TPSA) is 120 Å². The Morgan fingerprint density at radius 1 is 1.19 bits per heavy atom. The van der Waals surface area contributed by atoms with E-state index in [0.29, 0.717) is 25.9 Å². The van der Waals surface area contributed by atoms with Gasteiger partial charge in [0.25, 0.3) is 0 Å². The van der Waals surface area contributed by atoms with E-state index in [2.05, 4.69) is 16.3 Å². The van der Waals surface area contributed by atoms with Gasteiger partial charge in [-0.05, 0) is 64.5 Å². The number of likely N-dealkylation sites (tertiary alicyclic amines) is 2. The van der Waals surface area contributed by atoms with Crippen molar-refractivity contribution in [3.05, 3.63) is 29.3 Å². The molecule has 0 aromatic heterocycles. The standard InChI is InChI=1S/C26H33ClN4O5S/c1-25(2)14-17(8-12-36-25)30-11-7-20(30)24(33)31-15-18(37(34,35)22-6-4-3-5-19(22)27)13-21(31)23(32)29-26(16-28)9-10-26/h3-6,17-18,20-21H,7-15H2,1-2H3,(H,29,32)/t17?,18-,20?,21+/m1/s1. The Kier molecular flexibility index (Phi) is 6.80. The van der Waals surface area contributed by atoms with E-state index in [1.807, 2.05) is 13.8 Å². The molecule has 5 rings (SSSR count). The number of benzene rings is 1. The van der Waals surface area contributed by atoms with E-state index in [0.717, 1.165) is 19.4 Å². The molecule has 0 radical (unpaired) electrons. The molecule has 1 aromatic carbocycles. The summed E-state index contributed by atoms with van der Waals surface area (Å²) >= 11 is 6.22. The second-order valence-electron chi connectivity index (χ2n) is 11.3. The lowest BCUT2D eigenvalue weighted by Crippen LogP contribution is -2.63. The first-order chi connectivity index (χ1) is 17.5. The van der Waals surface area contributed by atoms with Gasteiger partial charge < -0.3 is 15.0 Å². The van der Waals surface area contributed by atoms with Crippen LogP contribution in [0.2, 0.25) is 5.02 Å². The normalized spacial score (nSPS) is 30.7. The van der Waals surface area contributed by atoms with Crippen LogP contribution in [0.3, 0.4) is 0 Å². The second kappa shape index (κ2) is 9.53. The molecule has 37 heavy (non-hydrogen) atoms. The maximum Gasteiger partial charge on any atom is 0.244 e. The summed E-state index contributed by atoms with van der Waals surface area (Å²) < 4.78 is 32.9. The Balaban J connectivity index is 1.39. The number of halogens is 1. The fourth-order valence-electron chi connectivity index (χ4n) is 5.86. The van der Waals surface area contributed by atoms with Crippen molar-refractivity contribution in [1.29, 1.82) is 5.26 Å². The third kappa shape index (κ3) is 4.99. The molecule has 1 saturated carbocycles. The van der Waals surface area contributed by atoms with Crippen molar-refractivity contribution < 1.29 is 22.7 Å². The van der Waals surface area contributed by atoms with Crippen molar-refractivity contribution in [2.75, 3.05) is 19.7 Å². The van der Waals surface area contributed by atoms with Crippen molar-refractivity contribution in [3.63, 3.8) is 0 Å². The van der Waals surface area contributed by atoms with E-state index in [-0.39, 0.29) is 40.4 Å². The molecule has 4 atom stereocenters. The van der Waals surface area contributed by atoms with Gasteiger partial charge >= 0.3 is 0 Å². The highest BCUT2D eigenvalue weighted by Crippen LogP contribution is 2.38. The summed E-state index contributed by atoms with van der Waals surface area (Å²) in [5.41, 5.74) is -1.19. The van der Waals surface area contributed by atoms with Crippen LogP contribution < -0.4 is 5.32 Å². The summed E-state index contributed by atoms with van der Waals surface area (Å²) in [5.74, 6) is -0.698. The summed E-state index contributed by atoms with van der Waals surface area (Å²) in [4.78, 5) is 30.8. The molecule has 1 aromatic rings. The zero-order valence-electron chi connectivity index (χ0n) is 21.2. The lowest BCUT2D eigenvalue weighted by Gasteiger charge is -2.50. The van der Waals surface area contributed by atoms with Gasteiger partial charge in [-0.3, -0.25) is 14.5 Å². The fraction of sp³-hybridized carbons (Fsp3) is 0.654. The van der Waals surface area contributed by atoms with Crippen molar-refractivity contribution in [3.8, 4) is 6.07 Å². The van der Waals surface area contributed by atoms with Crippen LogP contribution in [-0.4, -0.2) is 84.2 Å². The molecule has 4 aliphatic rings. The number of nitrogens with zero attached hydrogens (tertiary/aromatic N) is 3. The SMILES string of the molecule is CC1(C)CC(N2CCC2C(=O)N2C[C@H](S(=O)(=O)c3ccccc3Cl)C[C@H]2C(=O)NC2(C#N)CC2)CCO1. The van der Waals surface area contributed by atoms with Gasteiger partial charge in [-0.2, -0.15) is 5.26 Å². The molecule has 3 heterocycles. The fourth-order valence-corrected chi connectivity index (χ4v) is 8.08. The van der Waals surface area contributed by atoms with Crippen molar-refractivity contribution in [1.82, 2.24) is 15.1 Å². The Morgan fingerprint density at radius 2 is 1.92 bits per heavy atom. The number of carbonyl (C=O) groups is 2. The van der Waals surface area contributed by atoms with Crippen LogP contribution in [0.5, 0.6) is 0 Å². The highest BCUT2D eigenvalue weighted by atomic mass is 35.5. The molecular weight excluding hydrogens is 516 g/mol. The minimum atomic E-state index is -3.90. The molecule has 0 bridgehead atoms. The Bertz CT molecular complexity index is 1240. The van der Waals surface area contributed by atoms with Crippen molar-refractivity contribution in [2.24, 2.45) is 0 Å². The van der Waals surface area contributed by atoms with Crippen LogP contribution in [0.1, 0.15) is 52.4 Å². The molecule has 3 aliphatic heterocycles. The molecular formula is C26H33ClN4O5S. The van der Waals surface area contributed by atoms with Gasteiger partial charge in [0.15, 0.2) is 9.84 Å². The minimum absolute atomic E-state index is 0.000481. The van der Waals surface area contributed by atoms with E-state index in [1.54, 1.807) is 12.1 Å². The third-order valence-electron chi connectivity index (χ3n) is 8.24. The van der Waals surface area contributed by atoms with E-state index in [1.165, 1.54) is 17.0 Å². The summed E-state index contributed by atoms with van der Waals surface area (Å²) in [7, 11) is -3.90. The lowest BCUT2D eigenvalue weighted by molar-refractivity contribution is -0.153. The summed E-state index contributed by atoms with van der Waals surface area (Å²) in [6, 6.07) is 7.19. The number of carbonyl (C=O) groups excluding carboxylic acids is 2. The monoisotopic (exact) mass is 548 g/mol. The van der Waals surface area contributed by atoms with Crippen LogP contribution in [-0.2, 0) is 24.2 Å². The number of ether oxygens (including phenoxy) is 1. The highest BCUT2D eigenvalue weighted by Gasteiger charge is 2.53. The van der Waals surface area contributed by atoms with Crippen LogP contribution >= 0.6 is 11.6 Å². The predicted octanol–water partition coefficient (Wildman–Crippen LogP) is 2.29. The van der Waals surface area contributed by atoms with Gasteiger partial charge in [-0.15, -0.1) is 0 Å². The number of amides is 2. The first-order valence-corrected chi connectivity index (χ1v) is 14.8. The average molecular weight is 549 g/mol. The molecule has 200 valence electrons. The number of hydrogen-bond acceptors (Lipinski definition) is 7. The summed E-state index contributed by atoms with van der Waals surface area (Å²) in [6.07, 6.45) is 3.34. The number of nitriles is 1. The molecule has 4 fully saturated rings. The summed E-state index contributed by atoms with van der Waals surface area (Å²) in [6.45, 7) is 5.40. The van der Waals surface area contributed by atoms with E-state index in [4.69, 9.17) is 16.3 Å². The zero-order chi connectivity index (χ0) is 26.6. The van der Waals surface area contributed by atoms with E-state index < -0.39 is 38.6 Å². The molecule has 1 aliphatic carbocycles. The molecule has 1 N–H and O–H groups in total. The number of rotatable bonds is 6. The first-order valence-electron chi connectivity index (χ1n) is 12.9.